The second-order valence-corrected chi connectivity index (χ2v) is 13.7. The van der Waals surface area contributed by atoms with Crippen LogP contribution < -0.4 is 5.32 Å². The van der Waals surface area contributed by atoms with Gasteiger partial charge in [-0.25, -0.2) is 15.0 Å². The number of thioether (sulfide) groups is 2. The first kappa shape index (κ1) is 29.5. The van der Waals surface area contributed by atoms with Crippen molar-refractivity contribution >= 4 is 47.9 Å². The number of aromatic nitrogens is 4. The molecule has 0 unspecified atom stereocenters. The number of hydrogen-bond donors (Lipinski definition) is 2. The summed E-state index contributed by atoms with van der Waals surface area (Å²) in [5, 5.41) is 14.3. The van der Waals surface area contributed by atoms with Crippen molar-refractivity contribution in [2.75, 3.05) is 49.6 Å². The summed E-state index contributed by atoms with van der Waals surface area (Å²) in [5.41, 5.74) is 0.792. The number of rotatable bonds is 11. The van der Waals surface area contributed by atoms with Crippen LogP contribution in [-0.2, 0) is 13.8 Å². The molecule has 9 nitrogen and oxygen atoms in total. The highest BCUT2D eigenvalue weighted by atomic mass is 32.2. The fourth-order valence-electron chi connectivity index (χ4n) is 3.66. The largest absolute Gasteiger partial charge is 0.389 e. The molecular formula is C21H33F3N5O4PS2. The predicted molar refractivity (Wildman–Crippen MR) is 137 cm³/mol. The number of anilines is 1. The van der Waals surface area contributed by atoms with Crippen molar-refractivity contribution in [1.82, 2.24) is 19.5 Å². The van der Waals surface area contributed by atoms with Gasteiger partial charge in [0.05, 0.1) is 31.6 Å². The number of fused-ring (bicyclic) bond motifs is 1. The zero-order valence-electron chi connectivity index (χ0n) is 20.5. The molecule has 1 fully saturated rings. The fraction of sp³-hybridized carbons (Fsp3) is 0.762. The summed E-state index contributed by atoms with van der Waals surface area (Å²) in [6.45, 7) is 3.77. The van der Waals surface area contributed by atoms with Crippen molar-refractivity contribution in [3.05, 3.63) is 6.33 Å². The second-order valence-electron chi connectivity index (χ2n) is 8.86. The third-order valence-corrected chi connectivity index (χ3v) is 7.63. The summed E-state index contributed by atoms with van der Waals surface area (Å²) in [4.78, 5) is 13.3. The molecule has 3 heterocycles. The molecule has 2 N–H and O–H groups in total. The van der Waals surface area contributed by atoms with Gasteiger partial charge in [0, 0.05) is 31.4 Å². The van der Waals surface area contributed by atoms with E-state index in [1.807, 2.05) is 6.26 Å². The molecule has 0 radical (unpaired) electrons. The van der Waals surface area contributed by atoms with E-state index in [0.717, 1.165) is 30.4 Å². The maximum atomic E-state index is 12.7. The van der Waals surface area contributed by atoms with Crippen LogP contribution >= 0.6 is 30.9 Å². The molecule has 0 saturated carbocycles. The lowest BCUT2D eigenvalue weighted by molar-refractivity contribution is -0.136. The number of alkyl halides is 3. The number of aliphatic hydroxyl groups excluding tert-OH is 1. The molecule has 204 valence electrons. The van der Waals surface area contributed by atoms with Crippen LogP contribution in [0.4, 0.5) is 19.0 Å². The van der Waals surface area contributed by atoms with E-state index < -0.39 is 38.4 Å². The molecule has 2 aromatic rings. The number of nitrogens with one attached hydrogen (secondary N) is 1. The number of nitrogens with zero attached hydrogens (tertiary/aromatic N) is 4. The lowest BCUT2D eigenvalue weighted by Crippen LogP contribution is -2.34. The minimum Gasteiger partial charge on any atom is -0.388 e. The number of ether oxygens (including phenoxy) is 1. The van der Waals surface area contributed by atoms with Crippen molar-refractivity contribution < 1.29 is 32.1 Å². The molecule has 1 aliphatic rings. The Morgan fingerprint density at radius 2 is 2.03 bits per heavy atom. The van der Waals surface area contributed by atoms with E-state index in [1.165, 1.54) is 19.7 Å². The Morgan fingerprint density at radius 3 is 2.72 bits per heavy atom. The monoisotopic (exact) mass is 571 g/mol. The van der Waals surface area contributed by atoms with E-state index in [9.17, 15) is 22.8 Å². The topological polar surface area (TPSA) is 111 Å². The van der Waals surface area contributed by atoms with E-state index in [-0.39, 0.29) is 17.5 Å². The van der Waals surface area contributed by atoms with Crippen molar-refractivity contribution in [2.24, 2.45) is 0 Å². The zero-order chi connectivity index (χ0) is 26.3. The van der Waals surface area contributed by atoms with E-state index in [1.54, 1.807) is 16.3 Å². The smallest absolute Gasteiger partial charge is 0.388 e. The molecule has 2 aromatic heterocycles. The molecule has 0 spiro atoms. The maximum absolute atomic E-state index is 12.7. The quantitative estimate of drug-likeness (QED) is 0.165. The van der Waals surface area contributed by atoms with Crippen LogP contribution in [0.15, 0.2) is 11.5 Å². The Kier molecular flexibility index (Phi) is 10.8. The van der Waals surface area contributed by atoms with Gasteiger partial charge in [0.25, 0.3) is 0 Å². The van der Waals surface area contributed by atoms with Crippen LogP contribution in [0.2, 0.25) is 0 Å². The molecule has 0 amide bonds. The Hall–Kier alpha value is -1.05. The molecule has 3 rings (SSSR count). The lowest BCUT2D eigenvalue weighted by atomic mass is 10.0. The standard InChI is InChI=1S/C21H33F3N5O4PS2/c1-34(2,31)32-12-14-6-4-5-7-15(30)19(33-14)29-13-26-16-17(25-9-11-35-3)27-20(28-18(16)29)36-10-8-21(22,23)24/h13-15,19,30H,4-12H2,1-3H3,(H,25,27,28)/t14-,15+,19+/m0/s1. The summed E-state index contributed by atoms with van der Waals surface area (Å²) in [6.07, 6.45) is -1.12. The summed E-state index contributed by atoms with van der Waals surface area (Å²) in [5.74, 6) is 0.997. The van der Waals surface area contributed by atoms with Gasteiger partial charge in [-0.05, 0) is 19.1 Å². The summed E-state index contributed by atoms with van der Waals surface area (Å²) >= 11 is 2.55. The summed E-state index contributed by atoms with van der Waals surface area (Å²) in [6, 6.07) is 0. The van der Waals surface area contributed by atoms with Gasteiger partial charge in [0.15, 0.2) is 35.7 Å². The molecular weight excluding hydrogens is 538 g/mol. The molecule has 36 heavy (non-hydrogen) atoms. The first-order valence-electron chi connectivity index (χ1n) is 11.7. The molecule has 1 saturated heterocycles. The average molecular weight is 572 g/mol. The number of hydrogen-bond acceptors (Lipinski definition) is 10. The highest BCUT2D eigenvalue weighted by molar-refractivity contribution is 7.99. The van der Waals surface area contributed by atoms with Crippen LogP contribution in [0.3, 0.4) is 0 Å². The summed E-state index contributed by atoms with van der Waals surface area (Å²) in [7, 11) is -2.72. The van der Waals surface area contributed by atoms with Gasteiger partial charge in [-0.1, -0.05) is 24.6 Å². The molecule has 15 heteroatoms. The average Bonchev–Trinajstić information content (AvgIpc) is 3.18. The van der Waals surface area contributed by atoms with Gasteiger partial charge >= 0.3 is 6.18 Å². The lowest BCUT2D eigenvalue weighted by Gasteiger charge is -2.32. The predicted octanol–water partition coefficient (Wildman–Crippen LogP) is 5.02. The number of aliphatic hydroxyl groups is 1. The molecule has 0 aliphatic carbocycles. The van der Waals surface area contributed by atoms with Crippen molar-refractivity contribution in [3.8, 4) is 0 Å². The highest BCUT2D eigenvalue weighted by Gasteiger charge is 2.31. The van der Waals surface area contributed by atoms with E-state index in [0.29, 0.717) is 36.4 Å². The Balaban J connectivity index is 1.93. The van der Waals surface area contributed by atoms with Gasteiger partial charge < -0.3 is 19.7 Å². The minimum atomic E-state index is -4.27. The highest BCUT2D eigenvalue weighted by Crippen LogP contribution is 2.39. The van der Waals surface area contributed by atoms with Gasteiger partial charge in [0.2, 0.25) is 0 Å². The maximum Gasteiger partial charge on any atom is 0.389 e. The van der Waals surface area contributed by atoms with Crippen molar-refractivity contribution in [2.45, 2.75) is 61.9 Å². The summed E-state index contributed by atoms with van der Waals surface area (Å²) < 4.78 is 63.5. The molecule has 0 bridgehead atoms. The second kappa shape index (κ2) is 13.1. The van der Waals surface area contributed by atoms with Crippen LogP contribution in [-0.4, -0.2) is 87.3 Å². The first-order chi connectivity index (χ1) is 17.0. The molecule has 1 aliphatic heterocycles. The van der Waals surface area contributed by atoms with Gasteiger partial charge in [-0.2, -0.15) is 24.9 Å². The van der Waals surface area contributed by atoms with E-state index >= 15 is 0 Å². The Labute approximate surface area is 217 Å². The Bertz CT molecular complexity index is 1040. The zero-order valence-corrected chi connectivity index (χ0v) is 23.1. The fourth-order valence-corrected chi connectivity index (χ4v) is 5.31. The number of imidazole rings is 1. The minimum absolute atomic E-state index is 0.120. The van der Waals surface area contributed by atoms with Crippen molar-refractivity contribution in [1.29, 1.82) is 0 Å². The molecule has 3 atom stereocenters. The Morgan fingerprint density at radius 1 is 1.28 bits per heavy atom. The third kappa shape index (κ3) is 9.05. The third-order valence-electron chi connectivity index (χ3n) is 5.40. The van der Waals surface area contributed by atoms with Gasteiger partial charge in [-0.15, -0.1) is 0 Å². The van der Waals surface area contributed by atoms with Crippen molar-refractivity contribution in [3.63, 3.8) is 0 Å². The van der Waals surface area contributed by atoms with Crippen LogP contribution in [0.1, 0.15) is 38.3 Å². The van der Waals surface area contributed by atoms with Gasteiger partial charge in [-0.3, -0.25) is 9.13 Å². The SMILES string of the molecule is CSCCNc1nc(SCCC(F)(F)F)nc2c1ncn2[C@@H]1O[C@H](COP(C)(C)=O)CCCC[C@H]1O. The first-order valence-corrected chi connectivity index (χ1v) is 16.6. The number of halogens is 3. The van der Waals surface area contributed by atoms with Gasteiger partial charge in [0.1, 0.15) is 0 Å². The van der Waals surface area contributed by atoms with E-state index in [2.05, 4.69) is 20.3 Å². The van der Waals surface area contributed by atoms with Crippen LogP contribution in [0.5, 0.6) is 0 Å². The normalized spacial score (nSPS) is 21.9. The molecule has 0 aromatic carbocycles. The van der Waals surface area contributed by atoms with Crippen LogP contribution in [0.25, 0.3) is 11.2 Å². The van der Waals surface area contributed by atoms with Crippen LogP contribution in [0, 0.1) is 0 Å². The van der Waals surface area contributed by atoms with E-state index in [4.69, 9.17) is 9.26 Å².